The maximum absolute atomic E-state index is 12.8. The molecule has 34 heavy (non-hydrogen) atoms. The monoisotopic (exact) mass is 477 g/mol. The Morgan fingerprint density at radius 1 is 1.24 bits per heavy atom. The average molecular weight is 478 g/mol. The summed E-state index contributed by atoms with van der Waals surface area (Å²) in [5, 5.41) is 13.0. The topological polar surface area (TPSA) is 94.2 Å². The summed E-state index contributed by atoms with van der Waals surface area (Å²) in [5.41, 5.74) is 1.94. The number of benzene rings is 2. The van der Waals surface area contributed by atoms with E-state index in [1.807, 2.05) is 45.8 Å². The standard InChI is InChI=1S/C25H24ClN5O3/c1-25(2,15-32)29-24(33)16-7-8-21-17(13-16)22-28-19(14-30(22)11-12-34-21)23-27-9-10-31(23)20-6-4-3-5-18(20)26/h3-10,13-14,32H,11-12,15H2,1-2H3,(H,29,33). The summed E-state index contributed by atoms with van der Waals surface area (Å²) in [7, 11) is 0. The highest BCUT2D eigenvalue weighted by atomic mass is 35.5. The molecular weight excluding hydrogens is 454 g/mol. The highest BCUT2D eigenvalue weighted by Crippen LogP contribution is 2.35. The summed E-state index contributed by atoms with van der Waals surface area (Å²) >= 11 is 6.42. The minimum absolute atomic E-state index is 0.168. The predicted octanol–water partition coefficient (Wildman–Crippen LogP) is 3.95. The van der Waals surface area contributed by atoms with Crippen LogP contribution in [0.5, 0.6) is 5.75 Å². The number of hydrogen-bond donors (Lipinski definition) is 2. The van der Waals surface area contributed by atoms with Crippen molar-refractivity contribution in [2.75, 3.05) is 13.2 Å². The van der Waals surface area contributed by atoms with Crippen LogP contribution < -0.4 is 10.1 Å². The van der Waals surface area contributed by atoms with Gasteiger partial charge < -0.3 is 19.7 Å². The van der Waals surface area contributed by atoms with Gasteiger partial charge >= 0.3 is 0 Å². The maximum Gasteiger partial charge on any atom is 0.251 e. The molecule has 2 aromatic heterocycles. The zero-order chi connectivity index (χ0) is 23.9. The molecule has 0 aliphatic carbocycles. The Labute approximate surface area is 201 Å². The smallest absolute Gasteiger partial charge is 0.251 e. The average Bonchev–Trinajstić information content (AvgIpc) is 3.43. The number of fused-ring (bicyclic) bond motifs is 3. The Bertz CT molecular complexity index is 1370. The Kier molecular flexibility index (Phi) is 5.63. The molecule has 0 saturated carbocycles. The number of halogens is 1. The predicted molar refractivity (Wildman–Crippen MR) is 129 cm³/mol. The van der Waals surface area contributed by atoms with Gasteiger partial charge in [0.2, 0.25) is 0 Å². The highest BCUT2D eigenvalue weighted by Gasteiger charge is 2.24. The van der Waals surface area contributed by atoms with E-state index in [0.717, 1.165) is 5.69 Å². The third-order valence-electron chi connectivity index (χ3n) is 5.68. The molecule has 0 unspecified atom stereocenters. The number of carbonyl (C=O) groups is 1. The second-order valence-electron chi connectivity index (χ2n) is 8.77. The van der Waals surface area contributed by atoms with Crippen molar-refractivity contribution < 1.29 is 14.6 Å². The Morgan fingerprint density at radius 3 is 2.85 bits per heavy atom. The van der Waals surface area contributed by atoms with E-state index in [1.165, 1.54) is 0 Å². The van der Waals surface area contributed by atoms with Gasteiger partial charge in [-0.05, 0) is 44.2 Å². The van der Waals surface area contributed by atoms with Crippen LogP contribution in [0.2, 0.25) is 5.02 Å². The number of nitrogens with one attached hydrogen (secondary N) is 1. The Balaban J connectivity index is 1.56. The van der Waals surface area contributed by atoms with E-state index in [1.54, 1.807) is 38.2 Å². The summed E-state index contributed by atoms with van der Waals surface area (Å²) < 4.78 is 9.83. The normalized spacial score (nSPS) is 12.9. The number of nitrogens with zero attached hydrogens (tertiary/aromatic N) is 4. The second-order valence-corrected chi connectivity index (χ2v) is 9.18. The minimum atomic E-state index is -0.734. The lowest BCUT2D eigenvalue weighted by atomic mass is 10.0. The fourth-order valence-corrected chi connectivity index (χ4v) is 4.12. The molecule has 1 aliphatic rings. The van der Waals surface area contributed by atoms with Crippen molar-refractivity contribution in [1.29, 1.82) is 0 Å². The van der Waals surface area contributed by atoms with Crippen LogP contribution in [0.4, 0.5) is 0 Å². The molecule has 0 saturated heterocycles. The van der Waals surface area contributed by atoms with Gasteiger partial charge in [-0.2, -0.15) is 0 Å². The van der Waals surface area contributed by atoms with Gasteiger partial charge in [0.1, 0.15) is 23.9 Å². The summed E-state index contributed by atoms with van der Waals surface area (Å²) in [6, 6.07) is 12.8. The lowest BCUT2D eigenvalue weighted by Crippen LogP contribution is -2.46. The van der Waals surface area contributed by atoms with Crippen LogP contribution >= 0.6 is 11.6 Å². The first-order valence-electron chi connectivity index (χ1n) is 10.9. The number of aliphatic hydroxyl groups is 1. The van der Waals surface area contributed by atoms with Crippen LogP contribution in [0, 0.1) is 0 Å². The molecule has 3 heterocycles. The van der Waals surface area contributed by atoms with Gasteiger partial charge in [-0.1, -0.05) is 23.7 Å². The quantitative estimate of drug-likeness (QED) is 0.454. The highest BCUT2D eigenvalue weighted by molar-refractivity contribution is 6.32. The molecule has 0 spiro atoms. The first-order chi connectivity index (χ1) is 16.4. The third-order valence-corrected chi connectivity index (χ3v) is 6.00. The van der Waals surface area contributed by atoms with Crippen LogP contribution in [0.1, 0.15) is 24.2 Å². The molecule has 9 heteroatoms. The van der Waals surface area contributed by atoms with Gasteiger partial charge in [0, 0.05) is 24.2 Å². The summed E-state index contributed by atoms with van der Waals surface area (Å²) in [6.45, 7) is 4.43. The number of carbonyl (C=O) groups excluding carboxylic acids is 1. The number of aliphatic hydroxyl groups excluding tert-OH is 1. The summed E-state index contributed by atoms with van der Waals surface area (Å²) in [6.07, 6.45) is 5.50. The molecule has 2 aromatic carbocycles. The number of rotatable bonds is 5. The summed E-state index contributed by atoms with van der Waals surface area (Å²) in [5.74, 6) is 1.73. The van der Waals surface area contributed by atoms with Crippen molar-refractivity contribution in [1.82, 2.24) is 24.4 Å². The number of amides is 1. The maximum atomic E-state index is 12.8. The molecule has 1 amide bonds. The second kappa shape index (κ2) is 8.62. The largest absolute Gasteiger partial charge is 0.491 e. The van der Waals surface area contributed by atoms with Crippen LogP contribution in [-0.2, 0) is 6.54 Å². The van der Waals surface area contributed by atoms with Crippen molar-refractivity contribution in [2.45, 2.75) is 25.9 Å². The molecule has 4 aromatic rings. The zero-order valence-electron chi connectivity index (χ0n) is 18.8. The minimum Gasteiger partial charge on any atom is -0.491 e. The lowest BCUT2D eigenvalue weighted by Gasteiger charge is -2.23. The number of aromatic nitrogens is 4. The molecule has 2 N–H and O–H groups in total. The van der Waals surface area contributed by atoms with E-state index in [0.29, 0.717) is 52.4 Å². The fraction of sp³-hybridized carbons (Fsp3) is 0.240. The van der Waals surface area contributed by atoms with Gasteiger partial charge in [0.05, 0.1) is 35.0 Å². The van der Waals surface area contributed by atoms with Crippen LogP contribution in [-0.4, -0.2) is 48.9 Å². The SMILES string of the molecule is CC(C)(CO)NC(=O)c1ccc2c(c1)-c1nc(-c3nccn3-c3ccccc3Cl)cn1CCO2. The molecule has 0 radical (unpaired) electrons. The van der Waals surface area contributed by atoms with Gasteiger partial charge in [0.25, 0.3) is 5.91 Å². The van der Waals surface area contributed by atoms with Gasteiger partial charge in [0.15, 0.2) is 5.82 Å². The number of ether oxygens (including phenoxy) is 1. The zero-order valence-corrected chi connectivity index (χ0v) is 19.6. The van der Waals surface area contributed by atoms with Crippen molar-refractivity contribution in [3.8, 4) is 34.3 Å². The molecule has 0 atom stereocenters. The molecular formula is C25H24ClN5O3. The number of hydrogen-bond acceptors (Lipinski definition) is 5. The summed E-state index contributed by atoms with van der Waals surface area (Å²) in [4.78, 5) is 22.2. The van der Waals surface area contributed by atoms with Crippen LogP contribution in [0.15, 0.2) is 61.1 Å². The van der Waals surface area contributed by atoms with Gasteiger partial charge in [-0.3, -0.25) is 9.36 Å². The van der Waals surface area contributed by atoms with E-state index in [9.17, 15) is 9.90 Å². The molecule has 8 nitrogen and oxygen atoms in total. The van der Waals surface area contributed by atoms with Crippen molar-refractivity contribution in [2.24, 2.45) is 0 Å². The van der Waals surface area contributed by atoms with E-state index in [-0.39, 0.29) is 12.5 Å². The lowest BCUT2D eigenvalue weighted by molar-refractivity contribution is 0.0869. The first-order valence-corrected chi connectivity index (χ1v) is 11.3. The van der Waals surface area contributed by atoms with E-state index >= 15 is 0 Å². The fourth-order valence-electron chi connectivity index (χ4n) is 3.89. The van der Waals surface area contributed by atoms with Crippen molar-refractivity contribution >= 4 is 17.5 Å². The van der Waals surface area contributed by atoms with Gasteiger partial charge in [-0.15, -0.1) is 0 Å². The first kappa shape index (κ1) is 22.2. The van der Waals surface area contributed by atoms with E-state index < -0.39 is 5.54 Å². The van der Waals surface area contributed by atoms with Crippen LogP contribution in [0.25, 0.3) is 28.6 Å². The van der Waals surface area contributed by atoms with Crippen molar-refractivity contribution in [3.05, 3.63) is 71.6 Å². The molecule has 1 aliphatic heterocycles. The van der Waals surface area contributed by atoms with Gasteiger partial charge in [-0.25, -0.2) is 9.97 Å². The van der Waals surface area contributed by atoms with E-state index in [2.05, 4.69) is 10.3 Å². The Hall–Kier alpha value is -3.62. The molecule has 0 fully saturated rings. The third kappa shape index (κ3) is 4.06. The molecule has 174 valence electrons. The van der Waals surface area contributed by atoms with Crippen LogP contribution in [0.3, 0.4) is 0 Å². The molecule has 0 bridgehead atoms. The van der Waals surface area contributed by atoms with Crippen molar-refractivity contribution in [3.63, 3.8) is 0 Å². The number of para-hydroxylation sites is 1. The van der Waals surface area contributed by atoms with E-state index in [4.69, 9.17) is 21.3 Å². The number of imidazole rings is 2. The molecule has 5 rings (SSSR count). The Morgan fingerprint density at radius 2 is 2.06 bits per heavy atom.